The van der Waals surface area contributed by atoms with Crippen LogP contribution in [0.4, 0.5) is 0 Å². The van der Waals surface area contributed by atoms with Gasteiger partial charge in [-0.3, -0.25) is 4.90 Å². The fourth-order valence-corrected chi connectivity index (χ4v) is 2.31. The highest BCUT2D eigenvalue weighted by Crippen LogP contribution is 2.17. The van der Waals surface area contributed by atoms with E-state index in [1.807, 2.05) is 0 Å². The van der Waals surface area contributed by atoms with Gasteiger partial charge in [0.2, 0.25) is 0 Å². The molecular weight excluding hydrogens is 178 g/mol. The molecule has 3 heteroatoms. The third kappa shape index (κ3) is 3.56. The molecule has 1 heterocycles. The molecule has 2 atom stereocenters. The van der Waals surface area contributed by atoms with E-state index in [-0.39, 0.29) is 12.7 Å². The first-order valence-corrected chi connectivity index (χ1v) is 5.81. The Morgan fingerprint density at radius 3 is 2.79 bits per heavy atom. The van der Waals surface area contributed by atoms with Crippen molar-refractivity contribution in [2.24, 2.45) is 0 Å². The van der Waals surface area contributed by atoms with Crippen LogP contribution >= 0.6 is 0 Å². The van der Waals surface area contributed by atoms with Crippen molar-refractivity contribution in [2.45, 2.75) is 51.2 Å². The Hall–Kier alpha value is -0.120. The Morgan fingerprint density at radius 2 is 2.21 bits per heavy atom. The summed E-state index contributed by atoms with van der Waals surface area (Å²) in [6.07, 6.45) is 5.01. The van der Waals surface area contributed by atoms with Crippen LogP contribution in [0, 0.1) is 0 Å². The van der Waals surface area contributed by atoms with Crippen molar-refractivity contribution in [1.29, 1.82) is 0 Å². The third-order valence-electron chi connectivity index (χ3n) is 3.03. The van der Waals surface area contributed by atoms with Gasteiger partial charge in [-0.05, 0) is 32.2 Å². The zero-order valence-corrected chi connectivity index (χ0v) is 9.15. The summed E-state index contributed by atoms with van der Waals surface area (Å²) in [5, 5.41) is 18.5. The van der Waals surface area contributed by atoms with E-state index < -0.39 is 0 Å². The van der Waals surface area contributed by atoms with Crippen molar-refractivity contribution >= 4 is 0 Å². The molecule has 0 bridgehead atoms. The quantitative estimate of drug-likeness (QED) is 0.697. The standard InChI is InChI=1S/C11H23NO2/c1-2-4-10(6-8-13)12-7-3-5-11(14)9-12/h10-11,13-14H,2-9H2,1H3. The molecule has 84 valence electrons. The lowest BCUT2D eigenvalue weighted by atomic mass is 10.0. The summed E-state index contributed by atoms with van der Waals surface area (Å²) in [4.78, 5) is 2.34. The average Bonchev–Trinajstić information content (AvgIpc) is 2.17. The summed E-state index contributed by atoms with van der Waals surface area (Å²) in [5.74, 6) is 0. The predicted molar refractivity (Wildman–Crippen MR) is 57.2 cm³/mol. The van der Waals surface area contributed by atoms with Gasteiger partial charge < -0.3 is 10.2 Å². The summed E-state index contributed by atoms with van der Waals surface area (Å²) < 4.78 is 0. The van der Waals surface area contributed by atoms with Gasteiger partial charge in [0, 0.05) is 19.2 Å². The molecule has 1 aliphatic rings. The summed E-state index contributed by atoms with van der Waals surface area (Å²) >= 11 is 0. The van der Waals surface area contributed by atoms with Crippen LogP contribution in [0.3, 0.4) is 0 Å². The molecule has 1 fully saturated rings. The van der Waals surface area contributed by atoms with Gasteiger partial charge in [0.1, 0.15) is 0 Å². The van der Waals surface area contributed by atoms with Crippen LogP contribution in [0.15, 0.2) is 0 Å². The zero-order valence-electron chi connectivity index (χ0n) is 9.15. The van der Waals surface area contributed by atoms with Gasteiger partial charge in [0.15, 0.2) is 0 Å². The van der Waals surface area contributed by atoms with Crippen LogP contribution in [0.1, 0.15) is 39.0 Å². The topological polar surface area (TPSA) is 43.7 Å². The van der Waals surface area contributed by atoms with Gasteiger partial charge in [-0.15, -0.1) is 0 Å². The van der Waals surface area contributed by atoms with Gasteiger partial charge in [0.25, 0.3) is 0 Å². The number of hydrogen-bond donors (Lipinski definition) is 2. The molecule has 0 aromatic rings. The van der Waals surface area contributed by atoms with Crippen molar-refractivity contribution in [2.75, 3.05) is 19.7 Å². The van der Waals surface area contributed by atoms with Gasteiger partial charge >= 0.3 is 0 Å². The van der Waals surface area contributed by atoms with Gasteiger partial charge in [-0.25, -0.2) is 0 Å². The molecule has 0 spiro atoms. The minimum Gasteiger partial charge on any atom is -0.396 e. The zero-order chi connectivity index (χ0) is 10.4. The molecule has 3 nitrogen and oxygen atoms in total. The van der Waals surface area contributed by atoms with Crippen LogP contribution in [-0.4, -0.2) is 47.0 Å². The van der Waals surface area contributed by atoms with E-state index in [0.717, 1.165) is 45.2 Å². The smallest absolute Gasteiger partial charge is 0.0667 e. The number of likely N-dealkylation sites (tertiary alicyclic amines) is 1. The van der Waals surface area contributed by atoms with Crippen molar-refractivity contribution in [3.8, 4) is 0 Å². The van der Waals surface area contributed by atoms with E-state index in [1.54, 1.807) is 0 Å². The Bertz CT molecular complexity index is 143. The molecule has 0 aromatic carbocycles. The highest BCUT2D eigenvalue weighted by Gasteiger charge is 2.23. The first-order valence-electron chi connectivity index (χ1n) is 5.81. The molecule has 1 saturated heterocycles. The number of aliphatic hydroxyl groups is 2. The van der Waals surface area contributed by atoms with Crippen LogP contribution in [0.5, 0.6) is 0 Å². The molecule has 14 heavy (non-hydrogen) atoms. The lowest BCUT2D eigenvalue weighted by molar-refractivity contribution is 0.0366. The van der Waals surface area contributed by atoms with E-state index in [1.165, 1.54) is 0 Å². The molecular formula is C11H23NO2. The fourth-order valence-electron chi connectivity index (χ4n) is 2.31. The maximum absolute atomic E-state index is 9.56. The molecule has 0 aromatic heterocycles. The van der Waals surface area contributed by atoms with E-state index in [2.05, 4.69) is 11.8 Å². The lowest BCUT2D eigenvalue weighted by Crippen LogP contribution is -2.45. The highest BCUT2D eigenvalue weighted by molar-refractivity contribution is 4.78. The number of piperidine rings is 1. The number of hydrogen-bond acceptors (Lipinski definition) is 3. The largest absolute Gasteiger partial charge is 0.396 e. The first-order chi connectivity index (χ1) is 6.77. The van der Waals surface area contributed by atoms with Crippen LogP contribution in [-0.2, 0) is 0 Å². The molecule has 2 N–H and O–H groups in total. The SMILES string of the molecule is CCCC(CCO)N1CCCC(O)C1. The maximum atomic E-state index is 9.56. The molecule has 0 radical (unpaired) electrons. The van der Waals surface area contributed by atoms with E-state index in [0.29, 0.717) is 6.04 Å². The summed E-state index contributed by atoms with van der Waals surface area (Å²) in [5.41, 5.74) is 0. The van der Waals surface area contributed by atoms with Gasteiger partial charge in [0.05, 0.1) is 6.10 Å². The Labute approximate surface area is 86.7 Å². The van der Waals surface area contributed by atoms with Crippen molar-refractivity contribution in [3.63, 3.8) is 0 Å². The maximum Gasteiger partial charge on any atom is 0.0667 e. The second-order valence-corrected chi connectivity index (χ2v) is 4.25. The summed E-state index contributed by atoms with van der Waals surface area (Å²) in [6.45, 7) is 4.31. The number of nitrogens with zero attached hydrogens (tertiary/aromatic N) is 1. The molecule has 2 unspecified atom stereocenters. The van der Waals surface area contributed by atoms with Crippen molar-refractivity contribution in [1.82, 2.24) is 4.90 Å². The lowest BCUT2D eigenvalue weighted by Gasteiger charge is -2.36. The first kappa shape index (κ1) is 12.0. The number of rotatable bonds is 5. The second kappa shape index (κ2) is 6.38. The third-order valence-corrected chi connectivity index (χ3v) is 3.03. The summed E-state index contributed by atoms with van der Waals surface area (Å²) in [6, 6.07) is 0.472. The molecule has 1 aliphatic heterocycles. The van der Waals surface area contributed by atoms with Gasteiger partial charge in [-0.2, -0.15) is 0 Å². The Balaban J connectivity index is 2.39. The molecule has 0 saturated carbocycles. The average molecular weight is 201 g/mol. The summed E-state index contributed by atoms with van der Waals surface area (Å²) in [7, 11) is 0. The molecule has 1 rings (SSSR count). The van der Waals surface area contributed by atoms with E-state index >= 15 is 0 Å². The minimum atomic E-state index is -0.151. The van der Waals surface area contributed by atoms with E-state index in [9.17, 15) is 5.11 Å². The Kier molecular flexibility index (Phi) is 5.45. The van der Waals surface area contributed by atoms with Crippen LogP contribution in [0.25, 0.3) is 0 Å². The Morgan fingerprint density at radius 1 is 1.43 bits per heavy atom. The number of β-amino-alcohol motifs (C(OH)–C–C–N with tert-alkyl or cyclic N) is 1. The van der Waals surface area contributed by atoms with Crippen molar-refractivity contribution in [3.05, 3.63) is 0 Å². The minimum absolute atomic E-state index is 0.151. The van der Waals surface area contributed by atoms with E-state index in [4.69, 9.17) is 5.11 Å². The van der Waals surface area contributed by atoms with Crippen molar-refractivity contribution < 1.29 is 10.2 Å². The number of aliphatic hydroxyl groups excluding tert-OH is 2. The van der Waals surface area contributed by atoms with Gasteiger partial charge in [-0.1, -0.05) is 13.3 Å². The van der Waals surface area contributed by atoms with Crippen LogP contribution in [0.2, 0.25) is 0 Å². The molecule has 0 amide bonds. The predicted octanol–water partition coefficient (Wildman–Crippen LogP) is 0.994. The van der Waals surface area contributed by atoms with Crippen LogP contribution < -0.4 is 0 Å². The monoisotopic (exact) mass is 201 g/mol. The highest BCUT2D eigenvalue weighted by atomic mass is 16.3. The second-order valence-electron chi connectivity index (χ2n) is 4.25. The fraction of sp³-hybridized carbons (Fsp3) is 1.00. The normalized spacial score (nSPS) is 26.4. The molecule has 0 aliphatic carbocycles.